The second kappa shape index (κ2) is 6.11. The Hall–Kier alpha value is -0.840. The van der Waals surface area contributed by atoms with E-state index in [9.17, 15) is 21.4 Å². The van der Waals surface area contributed by atoms with Gasteiger partial charge in [-0.15, -0.1) is 0 Å². The van der Waals surface area contributed by atoms with Crippen molar-refractivity contribution in [1.29, 1.82) is 0 Å². The van der Waals surface area contributed by atoms with E-state index in [4.69, 9.17) is 10.1 Å². The molecule has 108 valence electrons. The molecule has 1 aromatic rings. The molecule has 0 aliphatic heterocycles. The van der Waals surface area contributed by atoms with Crippen molar-refractivity contribution in [1.82, 2.24) is 0 Å². The average molecular weight is 340 g/mol. The minimum absolute atomic E-state index is 0. The molecule has 1 aliphatic rings. The van der Waals surface area contributed by atoms with Crippen LogP contribution in [0.4, 0.5) is 0 Å². The molecule has 8 nitrogen and oxygen atoms in total. The zero-order valence-electron chi connectivity index (χ0n) is 9.70. The van der Waals surface area contributed by atoms with E-state index in [2.05, 4.69) is 4.79 Å². The van der Waals surface area contributed by atoms with Gasteiger partial charge in [-0.05, 0) is 17.7 Å². The van der Waals surface area contributed by atoms with Crippen LogP contribution in [-0.2, 0) is 20.2 Å². The van der Waals surface area contributed by atoms with Crippen LogP contribution in [0.1, 0.15) is 16.4 Å². The minimum atomic E-state index is -4.68. The zero-order chi connectivity index (χ0) is 15.1. The van der Waals surface area contributed by atoms with E-state index in [0.717, 1.165) is 12.1 Å². The van der Waals surface area contributed by atoms with Gasteiger partial charge in [-0.25, -0.2) is 0 Å². The summed E-state index contributed by atoms with van der Waals surface area (Å²) < 4.78 is 63.6. The zero-order valence-corrected chi connectivity index (χ0v) is 11.3. The van der Waals surface area contributed by atoms with Gasteiger partial charge in [0.15, 0.2) is 0 Å². The van der Waals surface area contributed by atoms with Crippen molar-refractivity contribution >= 4 is 61.6 Å². The van der Waals surface area contributed by atoms with Gasteiger partial charge in [0, 0.05) is 11.6 Å². The van der Waals surface area contributed by atoms with Crippen LogP contribution in [0.3, 0.4) is 0 Å². The van der Waals surface area contributed by atoms with E-state index < -0.39 is 30.4 Å². The molecule has 0 spiro atoms. The van der Waals surface area contributed by atoms with Gasteiger partial charge in [0.05, 0.1) is 0 Å². The molecule has 2 rings (SSSR count). The monoisotopic (exact) mass is 340 g/mol. The first-order valence-corrected chi connectivity index (χ1v) is 8.07. The Labute approximate surface area is 142 Å². The predicted octanol–water partition coefficient (Wildman–Crippen LogP) is -0.0887. The molecule has 0 bridgehead atoms. The van der Waals surface area contributed by atoms with Gasteiger partial charge in [0.2, 0.25) is 5.25 Å². The van der Waals surface area contributed by atoms with E-state index in [-0.39, 0.29) is 46.4 Å². The molecule has 0 fully saturated rings. The Morgan fingerprint density at radius 1 is 1.10 bits per heavy atom. The number of benzene rings is 1. The molecule has 0 aromatic heterocycles. The molecule has 1 aromatic carbocycles. The normalized spacial score (nSPS) is 17.6. The number of allylic oxidation sites excluding steroid dienone is 1. The molecular weight excluding hydrogens is 331 g/mol. The Bertz CT molecular complexity index is 869. The summed E-state index contributed by atoms with van der Waals surface area (Å²) in [7, 11) is -9.25. The third-order valence-corrected chi connectivity index (χ3v) is 4.77. The Balaban J connectivity index is 0.00000220. The van der Waals surface area contributed by atoms with Gasteiger partial charge in [-0.3, -0.25) is 9.11 Å². The van der Waals surface area contributed by atoms with Crippen LogP contribution < -0.4 is 0 Å². The van der Waals surface area contributed by atoms with Crippen molar-refractivity contribution in [3.8, 4) is 0 Å². The van der Waals surface area contributed by atoms with Gasteiger partial charge >= 0.3 is 35.3 Å². The van der Waals surface area contributed by atoms with Gasteiger partial charge in [0.1, 0.15) is 4.90 Å². The Morgan fingerprint density at radius 3 is 2.19 bits per heavy atom. The van der Waals surface area contributed by atoms with E-state index >= 15 is 0 Å². The molecule has 0 saturated carbocycles. The maximum atomic E-state index is 11.4. The summed E-state index contributed by atoms with van der Waals surface area (Å²) in [6.07, 6.45) is 2.21. The molecule has 21 heavy (non-hydrogen) atoms. The van der Waals surface area contributed by atoms with E-state index in [0.29, 0.717) is 0 Å². The first-order chi connectivity index (χ1) is 9.16. The third-order valence-electron chi connectivity index (χ3n) is 2.76. The standard InChI is InChI=1S/C10H8N2O6S2.Na.H/c11-12-8-5-4-6-7(10(8)20(16,17)18)2-1-3-9(6)19(13,14)15;;/h1-5,10H,(H,13,14,15)(H,16,17,18);;. The van der Waals surface area contributed by atoms with E-state index in [1.807, 2.05) is 0 Å². The van der Waals surface area contributed by atoms with Crippen LogP contribution in [-0.4, -0.2) is 66.0 Å². The molecule has 1 atom stereocenters. The third kappa shape index (κ3) is 3.50. The van der Waals surface area contributed by atoms with Crippen molar-refractivity contribution in [2.45, 2.75) is 10.1 Å². The summed E-state index contributed by atoms with van der Waals surface area (Å²) in [6, 6.07) is 3.53. The summed E-state index contributed by atoms with van der Waals surface area (Å²) in [5.41, 5.74) is 8.20. The van der Waals surface area contributed by atoms with E-state index in [1.54, 1.807) is 0 Å². The summed E-state index contributed by atoms with van der Waals surface area (Å²) in [5, 5.41) is -1.73. The fourth-order valence-corrected chi connectivity index (χ4v) is 3.68. The summed E-state index contributed by atoms with van der Waals surface area (Å²) in [6.45, 7) is 0. The number of hydrogen-bond acceptors (Lipinski definition) is 4. The van der Waals surface area contributed by atoms with Crippen molar-refractivity contribution < 1.29 is 30.7 Å². The van der Waals surface area contributed by atoms with Crippen molar-refractivity contribution in [2.24, 2.45) is 0 Å². The fraction of sp³-hybridized carbons (Fsp3) is 0.100. The van der Waals surface area contributed by atoms with Crippen LogP contribution in [0, 0.1) is 0 Å². The Morgan fingerprint density at radius 2 is 1.71 bits per heavy atom. The first-order valence-electron chi connectivity index (χ1n) is 5.13. The van der Waals surface area contributed by atoms with Crippen molar-refractivity contribution in [3.63, 3.8) is 0 Å². The van der Waals surface area contributed by atoms with Crippen LogP contribution in [0.25, 0.3) is 11.6 Å². The summed E-state index contributed by atoms with van der Waals surface area (Å²) in [5.74, 6) is 0. The van der Waals surface area contributed by atoms with E-state index in [1.165, 1.54) is 18.2 Å². The second-order valence-electron chi connectivity index (χ2n) is 3.99. The Kier molecular flexibility index (Phi) is 5.30. The molecule has 1 aliphatic carbocycles. The maximum absolute atomic E-state index is 11.4. The molecule has 11 heteroatoms. The molecule has 0 radical (unpaired) electrons. The van der Waals surface area contributed by atoms with Crippen LogP contribution in [0.5, 0.6) is 0 Å². The first kappa shape index (κ1) is 18.2. The van der Waals surface area contributed by atoms with Crippen LogP contribution in [0.2, 0.25) is 0 Å². The number of nitrogens with zero attached hydrogens (tertiary/aromatic N) is 2. The number of rotatable bonds is 2. The SMILES string of the molecule is [N-]=[N+]=C1C=Cc2c(cccc2S(=O)(=O)O)C1S(=O)(=O)O.[NaH]. The molecule has 0 amide bonds. The van der Waals surface area contributed by atoms with Crippen LogP contribution >= 0.6 is 0 Å². The topological polar surface area (TPSA) is 145 Å². The second-order valence-corrected chi connectivity index (χ2v) is 6.88. The quantitative estimate of drug-likeness (QED) is 0.333. The fourth-order valence-electron chi connectivity index (χ4n) is 2.01. The predicted molar refractivity (Wildman–Crippen MR) is 75.4 cm³/mol. The summed E-state index contributed by atoms with van der Waals surface area (Å²) in [4.78, 5) is 2.26. The molecule has 2 N–H and O–H groups in total. The van der Waals surface area contributed by atoms with Gasteiger partial charge < -0.3 is 5.53 Å². The van der Waals surface area contributed by atoms with Crippen molar-refractivity contribution in [2.75, 3.05) is 0 Å². The summed E-state index contributed by atoms with van der Waals surface area (Å²) >= 11 is 0. The molecule has 0 saturated heterocycles. The van der Waals surface area contributed by atoms with Crippen molar-refractivity contribution in [3.05, 3.63) is 40.9 Å². The molecule has 0 heterocycles. The van der Waals surface area contributed by atoms with Gasteiger partial charge in [-0.2, -0.15) is 21.6 Å². The molecule has 1 unspecified atom stereocenters. The number of hydrogen-bond donors (Lipinski definition) is 2. The van der Waals surface area contributed by atoms with Gasteiger partial charge in [0.25, 0.3) is 20.2 Å². The van der Waals surface area contributed by atoms with Crippen LogP contribution in [0.15, 0.2) is 29.2 Å². The molecular formula is C10H9N2NaO6S2. The van der Waals surface area contributed by atoms with Gasteiger partial charge in [-0.1, -0.05) is 12.1 Å². The average Bonchev–Trinajstić information content (AvgIpc) is 2.34. The number of fused-ring (bicyclic) bond motifs is 1.